The van der Waals surface area contributed by atoms with Gasteiger partial charge in [-0.25, -0.2) is 0 Å². The van der Waals surface area contributed by atoms with Crippen LogP contribution in [0.1, 0.15) is 22.7 Å². The van der Waals surface area contributed by atoms with Crippen LogP contribution < -0.4 is 0 Å². The van der Waals surface area contributed by atoms with Crippen LogP contribution in [0.2, 0.25) is 0 Å². The Kier molecular flexibility index (Phi) is 6.07. The highest BCUT2D eigenvalue weighted by molar-refractivity contribution is 5.82. The minimum atomic E-state index is -0.188. The molecule has 0 aliphatic carbocycles. The fraction of sp³-hybridized carbons (Fsp3) is 0.409. The average molecular weight is 351 g/mol. The molecule has 1 saturated heterocycles. The van der Waals surface area contributed by atoms with E-state index in [1.165, 1.54) is 11.1 Å². The number of carbonyl (C=O) groups is 1. The molecule has 138 valence electrons. The molecule has 1 amide bonds. The van der Waals surface area contributed by atoms with Crippen molar-refractivity contribution in [1.29, 1.82) is 0 Å². The number of hydrogen-bond acceptors (Lipinski definition) is 3. The van der Waals surface area contributed by atoms with Crippen LogP contribution in [0, 0.1) is 6.92 Å². The molecule has 1 heterocycles. The number of rotatable bonds is 5. The van der Waals surface area contributed by atoms with E-state index < -0.39 is 0 Å². The van der Waals surface area contributed by atoms with Crippen molar-refractivity contribution in [3.8, 4) is 0 Å². The van der Waals surface area contributed by atoms with Crippen molar-refractivity contribution in [2.45, 2.75) is 19.5 Å². The predicted octanol–water partition coefficient (Wildman–Crippen LogP) is 2.94. The molecule has 1 fully saturated rings. The lowest BCUT2D eigenvalue weighted by molar-refractivity contribution is -0.135. The van der Waals surface area contributed by atoms with E-state index in [1.807, 2.05) is 32.3 Å². The van der Waals surface area contributed by atoms with Gasteiger partial charge < -0.3 is 4.90 Å². The Morgan fingerprint density at radius 2 is 1.69 bits per heavy atom. The van der Waals surface area contributed by atoms with Crippen LogP contribution in [0.4, 0.5) is 0 Å². The summed E-state index contributed by atoms with van der Waals surface area (Å²) in [6.07, 6.45) is 0. The second-order valence-electron chi connectivity index (χ2n) is 7.35. The van der Waals surface area contributed by atoms with Crippen LogP contribution in [0.15, 0.2) is 54.6 Å². The molecule has 0 N–H and O–H groups in total. The molecule has 0 aromatic heterocycles. The van der Waals surface area contributed by atoms with Gasteiger partial charge in [-0.3, -0.25) is 14.6 Å². The van der Waals surface area contributed by atoms with E-state index in [0.717, 1.165) is 38.3 Å². The maximum absolute atomic E-state index is 12.8. The maximum atomic E-state index is 12.8. The van der Waals surface area contributed by atoms with Gasteiger partial charge in [-0.05, 0) is 18.1 Å². The van der Waals surface area contributed by atoms with Crippen molar-refractivity contribution in [2.24, 2.45) is 0 Å². The zero-order valence-electron chi connectivity index (χ0n) is 16.1. The molecule has 4 heteroatoms. The zero-order valence-corrected chi connectivity index (χ0v) is 16.1. The Morgan fingerprint density at radius 3 is 2.31 bits per heavy atom. The summed E-state index contributed by atoms with van der Waals surface area (Å²) in [6.45, 7) is 6.90. The van der Waals surface area contributed by atoms with E-state index in [9.17, 15) is 4.79 Å². The third kappa shape index (κ3) is 4.51. The van der Waals surface area contributed by atoms with Crippen LogP contribution in [0.3, 0.4) is 0 Å². The standard InChI is InChI=1S/C22H29N3O/c1-18-8-7-9-19(16-18)17-24-12-14-25(15-13-24)21(22(26)23(2)3)20-10-5-4-6-11-20/h4-11,16,21H,12-15,17H2,1-3H3/t21-/m1/s1. The monoisotopic (exact) mass is 351 g/mol. The Labute approximate surface area is 157 Å². The lowest BCUT2D eigenvalue weighted by atomic mass is 10.0. The molecule has 0 radical (unpaired) electrons. The molecular weight excluding hydrogens is 322 g/mol. The van der Waals surface area contributed by atoms with Gasteiger partial charge in [0.25, 0.3) is 0 Å². The molecule has 1 aliphatic heterocycles. The third-order valence-corrected chi connectivity index (χ3v) is 5.05. The van der Waals surface area contributed by atoms with Gasteiger partial charge in [0.1, 0.15) is 6.04 Å². The van der Waals surface area contributed by atoms with Gasteiger partial charge in [-0.1, -0.05) is 60.2 Å². The fourth-order valence-corrected chi connectivity index (χ4v) is 3.64. The lowest BCUT2D eigenvalue weighted by Gasteiger charge is -2.39. The van der Waals surface area contributed by atoms with E-state index >= 15 is 0 Å². The normalized spacial score (nSPS) is 17.0. The van der Waals surface area contributed by atoms with Gasteiger partial charge >= 0.3 is 0 Å². The van der Waals surface area contributed by atoms with Gasteiger partial charge in [0, 0.05) is 46.8 Å². The summed E-state index contributed by atoms with van der Waals surface area (Å²) < 4.78 is 0. The van der Waals surface area contributed by atoms with Crippen LogP contribution in [-0.2, 0) is 11.3 Å². The first-order valence-corrected chi connectivity index (χ1v) is 9.32. The molecule has 3 rings (SSSR count). The largest absolute Gasteiger partial charge is 0.347 e. The number of benzene rings is 2. The quantitative estimate of drug-likeness (QED) is 0.829. The first kappa shape index (κ1) is 18.6. The summed E-state index contributed by atoms with van der Waals surface area (Å²) in [5.41, 5.74) is 3.75. The number of amides is 1. The topological polar surface area (TPSA) is 26.8 Å². The Balaban J connectivity index is 1.67. The van der Waals surface area contributed by atoms with Crippen molar-refractivity contribution in [1.82, 2.24) is 14.7 Å². The number of likely N-dealkylation sites (N-methyl/N-ethyl adjacent to an activating group) is 1. The van der Waals surface area contributed by atoms with E-state index in [0.29, 0.717) is 0 Å². The summed E-state index contributed by atoms with van der Waals surface area (Å²) in [7, 11) is 3.68. The summed E-state index contributed by atoms with van der Waals surface area (Å²) in [5.74, 6) is 0.156. The van der Waals surface area contributed by atoms with Gasteiger partial charge in [0.2, 0.25) is 5.91 Å². The van der Waals surface area contributed by atoms with Crippen LogP contribution in [-0.4, -0.2) is 60.9 Å². The van der Waals surface area contributed by atoms with Gasteiger partial charge in [-0.2, -0.15) is 0 Å². The molecular formula is C22H29N3O. The second-order valence-corrected chi connectivity index (χ2v) is 7.35. The summed E-state index contributed by atoms with van der Waals surface area (Å²) in [4.78, 5) is 19.3. The number of nitrogens with zero attached hydrogens (tertiary/aromatic N) is 3. The molecule has 2 aromatic carbocycles. The van der Waals surface area contributed by atoms with Crippen molar-refractivity contribution >= 4 is 5.91 Å². The highest BCUT2D eigenvalue weighted by Crippen LogP contribution is 2.24. The van der Waals surface area contributed by atoms with Crippen LogP contribution >= 0.6 is 0 Å². The first-order valence-electron chi connectivity index (χ1n) is 9.32. The number of piperazine rings is 1. The van der Waals surface area contributed by atoms with Gasteiger partial charge in [0.05, 0.1) is 0 Å². The van der Waals surface area contributed by atoms with E-state index in [2.05, 4.69) is 53.1 Å². The molecule has 2 aromatic rings. The number of aryl methyl sites for hydroxylation is 1. The lowest BCUT2D eigenvalue weighted by Crippen LogP contribution is -2.50. The van der Waals surface area contributed by atoms with E-state index in [4.69, 9.17) is 0 Å². The number of carbonyl (C=O) groups excluding carboxylic acids is 1. The minimum Gasteiger partial charge on any atom is -0.347 e. The second kappa shape index (κ2) is 8.47. The first-order chi connectivity index (χ1) is 12.5. The number of hydrogen-bond donors (Lipinski definition) is 0. The average Bonchev–Trinajstić information content (AvgIpc) is 2.64. The minimum absolute atomic E-state index is 0.156. The van der Waals surface area contributed by atoms with Crippen LogP contribution in [0.5, 0.6) is 0 Å². The summed E-state index contributed by atoms with van der Waals surface area (Å²) >= 11 is 0. The molecule has 0 unspecified atom stereocenters. The van der Waals surface area contributed by atoms with Crippen molar-refractivity contribution < 1.29 is 4.79 Å². The SMILES string of the molecule is Cc1cccc(CN2CCN([C@@H](C(=O)N(C)C)c3ccccc3)CC2)c1. The molecule has 4 nitrogen and oxygen atoms in total. The summed E-state index contributed by atoms with van der Waals surface area (Å²) in [5, 5.41) is 0. The fourth-order valence-electron chi connectivity index (χ4n) is 3.64. The maximum Gasteiger partial charge on any atom is 0.244 e. The van der Waals surface area contributed by atoms with Crippen molar-refractivity contribution in [2.75, 3.05) is 40.3 Å². The Morgan fingerprint density at radius 1 is 1.00 bits per heavy atom. The third-order valence-electron chi connectivity index (χ3n) is 5.05. The molecule has 26 heavy (non-hydrogen) atoms. The predicted molar refractivity (Wildman–Crippen MR) is 106 cm³/mol. The van der Waals surface area contributed by atoms with Crippen molar-refractivity contribution in [3.63, 3.8) is 0 Å². The van der Waals surface area contributed by atoms with Gasteiger partial charge in [0.15, 0.2) is 0 Å². The highest BCUT2D eigenvalue weighted by Gasteiger charge is 2.31. The Bertz CT molecular complexity index is 721. The molecule has 1 aliphatic rings. The van der Waals surface area contributed by atoms with E-state index in [1.54, 1.807) is 4.90 Å². The molecule has 0 spiro atoms. The molecule has 0 saturated carbocycles. The Hall–Kier alpha value is -2.17. The smallest absolute Gasteiger partial charge is 0.244 e. The summed E-state index contributed by atoms with van der Waals surface area (Å²) in [6, 6.07) is 18.7. The van der Waals surface area contributed by atoms with E-state index in [-0.39, 0.29) is 11.9 Å². The highest BCUT2D eigenvalue weighted by atomic mass is 16.2. The van der Waals surface area contributed by atoms with Gasteiger partial charge in [-0.15, -0.1) is 0 Å². The zero-order chi connectivity index (χ0) is 18.5. The van der Waals surface area contributed by atoms with Crippen molar-refractivity contribution in [3.05, 3.63) is 71.3 Å². The molecule has 1 atom stereocenters. The van der Waals surface area contributed by atoms with Crippen LogP contribution in [0.25, 0.3) is 0 Å². The molecule has 0 bridgehead atoms.